The molecule has 3 aliphatic heterocycles. The fourth-order valence-corrected chi connectivity index (χ4v) is 10.2. The third-order valence-electron chi connectivity index (χ3n) is 14.7. The minimum atomic E-state index is -2.44. The molecule has 4 N–H and O–H groups in total. The van der Waals surface area contributed by atoms with E-state index in [-0.39, 0.29) is 73.6 Å². The van der Waals surface area contributed by atoms with Crippen LogP contribution in [0.5, 0.6) is 0 Å². The zero-order chi connectivity index (χ0) is 48.9. The monoisotopic (exact) mass is 928 g/mol. The molecule has 15 atom stereocenters. The van der Waals surface area contributed by atoms with Gasteiger partial charge in [-0.1, -0.05) is 71.1 Å². The topological polar surface area (TPSA) is 206 Å². The first-order valence-corrected chi connectivity index (χ1v) is 24.5. The van der Waals surface area contributed by atoms with E-state index >= 15 is 0 Å². The predicted molar refractivity (Wildman–Crippen MR) is 250 cm³/mol. The molecule has 0 spiro atoms. The smallest absolute Gasteiger partial charge is 0.329 e. The van der Waals surface area contributed by atoms with Gasteiger partial charge in [0, 0.05) is 64.2 Å². The van der Waals surface area contributed by atoms with Crippen LogP contribution in [0.15, 0.2) is 47.6 Å². The van der Waals surface area contributed by atoms with E-state index < -0.39 is 77.9 Å². The molecular formula is C52H81NO13. The Morgan fingerprint density at radius 1 is 0.818 bits per heavy atom. The van der Waals surface area contributed by atoms with Gasteiger partial charge >= 0.3 is 5.97 Å². The molecule has 3 fully saturated rings. The number of carbonyl (C=O) groups is 5. The van der Waals surface area contributed by atoms with Crippen molar-refractivity contribution in [1.29, 1.82) is 0 Å². The van der Waals surface area contributed by atoms with Gasteiger partial charge < -0.3 is 44.3 Å². The summed E-state index contributed by atoms with van der Waals surface area (Å²) in [4.78, 5) is 70.7. The Bertz CT molecular complexity index is 1770. The maximum atomic E-state index is 14.3. The zero-order valence-electron chi connectivity index (χ0n) is 41.1. The Hall–Kier alpha value is -3.37. The predicted octanol–water partition coefficient (Wildman–Crippen LogP) is 6.31. The van der Waals surface area contributed by atoms with Crippen LogP contribution < -0.4 is 0 Å². The van der Waals surface area contributed by atoms with Crippen LogP contribution in [-0.2, 0) is 42.9 Å². The molecule has 4 rings (SSSR count). The third-order valence-corrected chi connectivity index (χ3v) is 14.7. The van der Waals surface area contributed by atoms with Crippen molar-refractivity contribution < 1.29 is 63.3 Å². The number of esters is 1. The van der Waals surface area contributed by atoms with E-state index in [2.05, 4.69) is 0 Å². The summed E-state index contributed by atoms with van der Waals surface area (Å²) in [6.07, 6.45) is 11.2. The second-order valence-corrected chi connectivity index (χ2v) is 20.2. The molecule has 0 radical (unpaired) electrons. The lowest BCUT2D eigenvalue weighted by Crippen LogP contribution is -2.61. The van der Waals surface area contributed by atoms with Gasteiger partial charge in [0.2, 0.25) is 5.79 Å². The highest BCUT2D eigenvalue weighted by molar-refractivity contribution is 6.39. The van der Waals surface area contributed by atoms with Crippen molar-refractivity contribution in [2.24, 2.45) is 35.5 Å². The first-order chi connectivity index (χ1) is 31.2. The Morgan fingerprint density at radius 3 is 2.24 bits per heavy atom. The van der Waals surface area contributed by atoms with E-state index in [0.29, 0.717) is 63.4 Å². The van der Waals surface area contributed by atoms with Crippen LogP contribution in [0.3, 0.4) is 0 Å². The molecule has 372 valence electrons. The quantitative estimate of drug-likeness (QED) is 0.136. The largest absolute Gasteiger partial charge is 0.460 e. The highest BCUT2D eigenvalue weighted by Gasteiger charge is 2.53. The number of methoxy groups -OCH3 is 2. The van der Waals surface area contributed by atoms with Crippen molar-refractivity contribution in [3.63, 3.8) is 0 Å². The molecule has 2 bridgehead atoms. The summed E-state index contributed by atoms with van der Waals surface area (Å²) in [5.74, 6) is -7.59. The summed E-state index contributed by atoms with van der Waals surface area (Å²) in [6.45, 7) is 12.8. The van der Waals surface area contributed by atoms with E-state index in [1.807, 2.05) is 58.1 Å². The number of rotatable bonds is 5. The summed E-state index contributed by atoms with van der Waals surface area (Å²) < 4.78 is 23.8. The van der Waals surface area contributed by atoms with Gasteiger partial charge in [0.05, 0.1) is 36.6 Å². The van der Waals surface area contributed by atoms with Gasteiger partial charge in [0.1, 0.15) is 23.7 Å². The van der Waals surface area contributed by atoms with Gasteiger partial charge in [0.25, 0.3) is 11.7 Å². The SMILES string of the molecule is CO[C@@H]1C[C@@H]2CC[C@@H](C)[C@@](O)(O2)C(=O)C(=O)N2CCCC[C@H]2C(=O)OC([C@H](C)C[C@@H]2CC[C@@H](O)[C@H](OC)C2)CC(O)CC(=O)[C@H](C)/C=C(\C)[C@@H](O)CC(=O)[C@H](C)C[C@H](C)/C=C/C=C/C=C/1C. The fourth-order valence-electron chi connectivity index (χ4n) is 10.2. The number of Topliss-reactive ketones (excluding diaryl/α,β-unsaturated/α-hetero) is 3. The Labute approximate surface area is 393 Å². The van der Waals surface area contributed by atoms with Crippen molar-refractivity contribution >= 4 is 29.2 Å². The van der Waals surface area contributed by atoms with Crippen LogP contribution >= 0.6 is 0 Å². The molecule has 1 amide bonds. The molecule has 14 heteroatoms. The number of fused-ring (bicyclic) bond motifs is 3. The van der Waals surface area contributed by atoms with Gasteiger partial charge in [-0.25, -0.2) is 4.79 Å². The van der Waals surface area contributed by atoms with Crippen LogP contribution in [0.4, 0.5) is 0 Å². The fraction of sp³-hybridized carbons (Fsp3) is 0.750. The summed E-state index contributed by atoms with van der Waals surface area (Å²) in [5.41, 5.74) is 1.36. The van der Waals surface area contributed by atoms with Crippen LogP contribution in [0, 0.1) is 35.5 Å². The maximum Gasteiger partial charge on any atom is 0.329 e. The first kappa shape index (κ1) is 55.2. The van der Waals surface area contributed by atoms with Crippen LogP contribution in [0.1, 0.15) is 138 Å². The normalized spacial score (nSPS) is 40.3. The molecule has 66 heavy (non-hydrogen) atoms. The number of hydrogen-bond acceptors (Lipinski definition) is 13. The second kappa shape index (κ2) is 25.8. The number of ketones is 3. The Kier molecular flexibility index (Phi) is 21.6. The average Bonchev–Trinajstić information content (AvgIpc) is 3.28. The molecule has 1 saturated carbocycles. The molecule has 4 aliphatic rings. The number of aliphatic hydroxyl groups is 4. The van der Waals surface area contributed by atoms with Crippen molar-refractivity contribution in [2.75, 3.05) is 20.8 Å². The average molecular weight is 928 g/mol. The van der Waals surface area contributed by atoms with E-state index in [4.69, 9.17) is 18.9 Å². The van der Waals surface area contributed by atoms with E-state index in [9.17, 15) is 44.4 Å². The molecule has 0 aromatic carbocycles. The molecule has 14 nitrogen and oxygen atoms in total. The highest BCUT2D eigenvalue weighted by atomic mass is 16.6. The van der Waals surface area contributed by atoms with E-state index in [0.717, 1.165) is 12.0 Å². The van der Waals surface area contributed by atoms with Crippen molar-refractivity contribution in [2.45, 2.75) is 193 Å². The van der Waals surface area contributed by atoms with Gasteiger partial charge in [0.15, 0.2) is 0 Å². The van der Waals surface area contributed by atoms with Crippen molar-refractivity contribution in [3.05, 3.63) is 47.6 Å². The Morgan fingerprint density at radius 2 is 1.55 bits per heavy atom. The second-order valence-electron chi connectivity index (χ2n) is 20.2. The number of nitrogens with zero attached hydrogens (tertiary/aromatic N) is 1. The number of aliphatic hydroxyl groups excluding tert-OH is 3. The number of allylic oxidation sites excluding steroid dienone is 6. The summed E-state index contributed by atoms with van der Waals surface area (Å²) in [5, 5.41) is 44.9. The van der Waals surface area contributed by atoms with E-state index in [1.54, 1.807) is 41.1 Å². The lowest BCUT2D eigenvalue weighted by Gasteiger charge is -2.42. The molecule has 2 unspecified atom stereocenters. The van der Waals surface area contributed by atoms with Gasteiger partial charge in [-0.15, -0.1) is 0 Å². The van der Waals surface area contributed by atoms with Gasteiger partial charge in [-0.2, -0.15) is 0 Å². The minimum absolute atomic E-state index is 0.0725. The standard InChI is InChI=1S/C52H81NO13/c1-31-15-11-10-12-16-32(2)46(63-8)29-40-20-18-37(7)52(62,66-40)49(59)50(60)53-22-14-13-17-41(53)51(61)65-47(36(6)25-38-19-21-42(55)48(26-38)64-9)28-39(54)27-43(56)34(4)24-35(5)45(58)30-44(57)33(3)23-31/h10-12,15-16,24,31,33-34,36-42,45-48,54-55,58,62H,13-14,17-23,25-30H2,1-9H3/b12-10+,15-11+,32-16+,35-24+/t31-,33-,34-,36-,37-,38+,39?,40+,41+,42-,45+,46-,47?,48-,52-/m1/s1. The molecule has 2 saturated heterocycles. The number of piperidine rings is 1. The number of hydrogen-bond donors (Lipinski definition) is 4. The summed E-state index contributed by atoms with van der Waals surface area (Å²) in [7, 11) is 3.14. The molecule has 0 aromatic rings. The zero-order valence-corrected chi connectivity index (χ0v) is 41.1. The molecular weight excluding hydrogens is 847 g/mol. The number of amides is 1. The highest BCUT2D eigenvalue weighted by Crippen LogP contribution is 2.38. The number of carbonyl (C=O) groups excluding carboxylic acids is 5. The van der Waals surface area contributed by atoms with Crippen LogP contribution in [0.2, 0.25) is 0 Å². The minimum Gasteiger partial charge on any atom is -0.460 e. The van der Waals surface area contributed by atoms with Gasteiger partial charge in [-0.3, -0.25) is 19.2 Å². The first-order valence-electron chi connectivity index (χ1n) is 24.5. The molecule has 3 heterocycles. The van der Waals surface area contributed by atoms with Crippen molar-refractivity contribution in [3.8, 4) is 0 Å². The maximum absolute atomic E-state index is 14.3. The lowest BCUT2D eigenvalue weighted by molar-refractivity contribution is -0.265. The lowest BCUT2D eigenvalue weighted by atomic mass is 9.78. The number of cyclic esters (lactones) is 1. The third kappa shape index (κ3) is 15.3. The summed E-state index contributed by atoms with van der Waals surface area (Å²) >= 11 is 0. The van der Waals surface area contributed by atoms with E-state index in [1.165, 1.54) is 4.90 Å². The summed E-state index contributed by atoms with van der Waals surface area (Å²) in [6, 6.07) is -1.14. The van der Waals surface area contributed by atoms with Crippen molar-refractivity contribution in [1.82, 2.24) is 4.90 Å². The molecule has 1 aliphatic carbocycles. The molecule has 0 aromatic heterocycles. The van der Waals surface area contributed by atoms with Crippen LogP contribution in [-0.4, -0.2) is 130 Å². The Balaban J connectivity index is 1.65. The van der Waals surface area contributed by atoms with Crippen LogP contribution in [0.25, 0.3) is 0 Å². The van der Waals surface area contributed by atoms with Gasteiger partial charge in [-0.05, 0) is 107 Å². The number of ether oxygens (including phenoxy) is 4.